The molecule has 0 spiro atoms. The van der Waals surface area contributed by atoms with E-state index < -0.39 is 17.8 Å². The Bertz CT molecular complexity index is 1360. The van der Waals surface area contributed by atoms with Gasteiger partial charge in [0.1, 0.15) is 23.6 Å². The molecule has 44 heavy (non-hydrogen) atoms. The van der Waals surface area contributed by atoms with Crippen molar-refractivity contribution in [2.45, 2.75) is 79.2 Å². The molecular weight excluding hydrogens is 603 g/mol. The first kappa shape index (κ1) is 35.3. The van der Waals surface area contributed by atoms with Gasteiger partial charge in [-0.25, -0.2) is 14.3 Å². The van der Waals surface area contributed by atoms with Gasteiger partial charge in [0.05, 0.1) is 24.4 Å². The number of amides is 2. The number of nitrogens with zero attached hydrogens (tertiary/aromatic N) is 3. The van der Waals surface area contributed by atoms with E-state index in [9.17, 15) is 9.59 Å². The number of alkyl halides is 1. The summed E-state index contributed by atoms with van der Waals surface area (Å²) in [5, 5.41) is 8.05. The van der Waals surface area contributed by atoms with Crippen LogP contribution in [0.25, 0.3) is 17.8 Å². The number of carbonyl (C=O) groups excluding carboxylic acids is 2. The van der Waals surface area contributed by atoms with Crippen LogP contribution in [-0.2, 0) is 9.47 Å². The Morgan fingerprint density at radius 3 is 2.55 bits per heavy atom. The number of aryl methyl sites for hydroxylation is 1. The molecule has 0 radical (unpaired) electrons. The maximum atomic E-state index is 13.5. The van der Waals surface area contributed by atoms with Crippen molar-refractivity contribution in [1.82, 2.24) is 9.78 Å². The molecule has 3 rings (SSSR count). The molecule has 242 valence electrons. The molecule has 1 saturated carbocycles. The number of ether oxygens (including phenoxy) is 3. The van der Waals surface area contributed by atoms with E-state index in [2.05, 4.69) is 18.8 Å². The minimum absolute atomic E-state index is 0.0491. The van der Waals surface area contributed by atoms with E-state index in [1.165, 1.54) is 19.3 Å². The number of rotatable bonds is 13. The predicted octanol–water partition coefficient (Wildman–Crippen LogP) is 9.18. The molecule has 1 atom stereocenters. The Labute approximate surface area is 271 Å². The number of hydrogen-bond donors (Lipinski definition) is 1. The smallest absolute Gasteiger partial charge is 0.414 e. The number of carbonyl (C=O) groups is 2. The zero-order valence-corrected chi connectivity index (χ0v) is 28.5. The van der Waals surface area contributed by atoms with E-state index in [0.717, 1.165) is 18.4 Å². The molecule has 1 aliphatic carbocycles. The molecule has 1 heterocycles. The Morgan fingerprint density at radius 2 is 2.00 bits per heavy atom. The summed E-state index contributed by atoms with van der Waals surface area (Å²) in [5.74, 6) is 1.56. The highest BCUT2D eigenvalue weighted by atomic mass is 35.5. The van der Waals surface area contributed by atoms with E-state index in [4.69, 9.17) is 42.5 Å². The van der Waals surface area contributed by atoms with Gasteiger partial charge in [0.25, 0.3) is 0 Å². The maximum absolute atomic E-state index is 13.5. The van der Waals surface area contributed by atoms with Crippen molar-refractivity contribution >= 4 is 59.0 Å². The molecule has 1 aromatic heterocycles. The van der Waals surface area contributed by atoms with E-state index in [0.29, 0.717) is 45.9 Å². The van der Waals surface area contributed by atoms with Gasteiger partial charge in [-0.3, -0.25) is 10.2 Å². The van der Waals surface area contributed by atoms with Gasteiger partial charge < -0.3 is 14.2 Å². The molecule has 1 N–H and O–H groups in total. The molecule has 2 aromatic rings. The van der Waals surface area contributed by atoms with Gasteiger partial charge in [0, 0.05) is 23.2 Å². The highest BCUT2D eigenvalue weighted by Crippen LogP contribution is 2.38. The second-order valence-corrected chi connectivity index (χ2v) is 12.9. The third kappa shape index (κ3) is 8.94. The highest BCUT2D eigenvalue weighted by Gasteiger charge is 2.29. The van der Waals surface area contributed by atoms with Gasteiger partial charge >= 0.3 is 12.2 Å². The molecule has 1 aromatic carbocycles. The Morgan fingerprint density at radius 1 is 1.30 bits per heavy atom. The molecule has 0 aliphatic heterocycles. The average molecular weight is 650 g/mol. The quantitative estimate of drug-likeness (QED) is 0.218. The van der Waals surface area contributed by atoms with Crippen LogP contribution >= 0.6 is 23.2 Å². The first-order valence-corrected chi connectivity index (χ1v) is 16.1. The molecule has 1 unspecified atom stereocenters. The van der Waals surface area contributed by atoms with Crippen molar-refractivity contribution in [2.24, 2.45) is 11.8 Å². The summed E-state index contributed by atoms with van der Waals surface area (Å²) in [7, 11) is 1.56. The number of hydrogen-bond acceptors (Lipinski definition) is 6. The third-order valence-electron chi connectivity index (χ3n) is 7.67. The molecule has 2 amide bonds. The number of methoxy groups -OCH3 is 1. The largest absolute Gasteiger partial charge is 0.494 e. The van der Waals surface area contributed by atoms with E-state index in [1.807, 2.05) is 52.8 Å². The standard InChI is InChI=1S/C33H46Cl2N4O5/c1-9-21(3)25(35)19-27-24(10-2)30(36-31(40)43-17-15-34)37-39(27)28-18-22(4)26(20-29(28)42-8)38(16-14-23-12-11-13-23)32(41)44-33(5,6)7/h10,18-21,23H,2,9,11-17H2,1,3-8H3,(H,36,37,40)/b25-19+. The summed E-state index contributed by atoms with van der Waals surface area (Å²) in [5.41, 5.74) is 2.58. The van der Waals surface area contributed by atoms with Crippen LogP contribution in [0.4, 0.5) is 21.1 Å². The Hall–Kier alpha value is -3.17. The fourth-order valence-corrected chi connectivity index (χ4v) is 5.13. The van der Waals surface area contributed by atoms with Crippen molar-refractivity contribution in [1.29, 1.82) is 0 Å². The van der Waals surface area contributed by atoms with E-state index in [1.54, 1.807) is 22.8 Å². The van der Waals surface area contributed by atoms with Crippen molar-refractivity contribution in [3.8, 4) is 11.4 Å². The number of halogens is 2. The van der Waals surface area contributed by atoms with Crippen molar-refractivity contribution in [3.05, 3.63) is 40.6 Å². The van der Waals surface area contributed by atoms with Gasteiger partial charge in [-0.15, -0.1) is 16.7 Å². The molecule has 0 bridgehead atoms. The summed E-state index contributed by atoms with van der Waals surface area (Å²) in [6.45, 7) is 16.1. The Balaban J connectivity index is 2.17. The zero-order valence-electron chi connectivity index (χ0n) is 27.0. The van der Waals surface area contributed by atoms with Crippen LogP contribution < -0.4 is 15.0 Å². The number of allylic oxidation sites excluding steroid dienone is 1. The van der Waals surface area contributed by atoms with Crippen LogP contribution in [0.2, 0.25) is 0 Å². The van der Waals surface area contributed by atoms with Crippen LogP contribution in [0.15, 0.2) is 23.7 Å². The minimum atomic E-state index is -0.695. The topological polar surface area (TPSA) is 94.9 Å². The van der Waals surface area contributed by atoms with Gasteiger partial charge in [0.2, 0.25) is 0 Å². The molecule has 0 saturated heterocycles. The second-order valence-electron chi connectivity index (χ2n) is 12.1. The van der Waals surface area contributed by atoms with Gasteiger partial charge in [-0.2, -0.15) is 0 Å². The van der Waals surface area contributed by atoms with Crippen LogP contribution in [-0.4, -0.2) is 53.7 Å². The van der Waals surface area contributed by atoms with E-state index in [-0.39, 0.29) is 24.2 Å². The minimum Gasteiger partial charge on any atom is -0.494 e. The Kier molecular flexibility index (Phi) is 12.6. The summed E-state index contributed by atoms with van der Waals surface area (Å²) in [6, 6.07) is 3.73. The molecule has 1 aliphatic rings. The molecule has 1 fully saturated rings. The maximum Gasteiger partial charge on any atom is 0.414 e. The number of nitrogens with one attached hydrogen (secondary N) is 1. The molecule has 9 nitrogen and oxygen atoms in total. The lowest BCUT2D eigenvalue weighted by molar-refractivity contribution is 0.0576. The van der Waals surface area contributed by atoms with Gasteiger partial charge in [0.15, 0.2) is 5.82 Å². The van der Waals surface area contributed by atoms with Crippen LogP contribution in [0.3, 0.4) is 0 Å². The van der Waals surface area contributed by atoms with Crippen LogP contribution in [0.5, 0.6) is 5.75 Å². The van der Waals surface area contributed by atoms with Crippen LogP contribution in [0, 0.1) is 18.8 Å². The lowest BCUT2D eigenvalue weighted by Crippen LogP contribution is -2.39. The normalized spacial score (nSPS) is 14.4. The monoisotopic (exact) mass is 648 g/mol. The highest BCUT2D eigenvalue weighted by molar-refractivity contribution is 6.31. The number of anilines is 2. The summed E-state index contributed by atoms with van der Waals surface area (Å²) in [4.78, 5) is 27.6. The number of aromatic nitrogens is 2. The summed E-state index contributed by atoms with van der Waals surface area (Å²) >= 11 is 12.4. The fraction of sp³-hybridized carbons (Fsp3) is 0.545. The average Bonchev–Trinajstić information content (AvgIpc) is 3.27. The first-order valence-electron chi connectivity index (χ1n) is 15.1. The first-order chi connectivity index (χ1) is 20.8. The lowest BCUT2D eigenvalue weighted by atomic mass is 9.83. The molecule has 11 heteroatoms. The van der Waals surface area contributed by atoms with Gasteiger partial charge in [-0.05, 0) is 70.1 Å². The number of benzene rings is 1. The van der Waals surface area contributed by atoms with Crippen molar-refractivity contribution in [2.75, 3.05) is 36.4 Å². The third-order valence-corrected chi connectivity index (χ3v) is 8.30. The van der Waals surface area contributed by atoms with E-state index >= 15 is 0 Å². The van der Waals surface area contributed by atoms with Crippen molar-refractivity contribution < 1.29 is 23.8 Å². The predicted molar refractivity (Wildman–Crippen MR) is 179 cm³/mol. The SMILES string of the molecule is C=Cc1c(NC(=O)OCCCl)nn(-c2cc(C)c(N(CCC3CCC3)C(=O)OC(C)(C)C)cc2OC)c1/C=C(/Cl)C(C)CC. The molecular formula is C33H46Cl2N4O5. The summed E-state index contributed by atoms with van der Waals surface area (Å²) < 4.78 is 18.5. The zero-order chi connectivity index (χ0) is 32.6. The van der Waals surface area contributed by atoms with Crippen LogP contribution in [0.1, 0.15) is 83.5 Å². The van der Waals surface area contributed by atoms with Crippen molar-refractivity contribution in [3.63, 3.8) is 0 Å². The van der Waals surface area contributed by atoms with Gasteiger partial charge in [-0.1, -0.05) is 57.4 Å². The fourth-order valence-electron chi connectivity index (χ4n) is 4.79. The second kappa shape index (κ2) is 15.7. The summed E-state index contributed by atoms with van der Waals surface area (Å²) in [6.07, 6.45) is 7.64. The lowest BCUT2D eigenvalue weighted by Gasteiger charge is -2.32.